The number of carbonyl (C=O) groups excluding carboxylic acids is 1. The van der Waals surface area contributed by atoms with E-state index in [1.807, 2.05) is 60.7 Å². The molecule has 1 aromatic heterocycles. The fraction of sp³-hybridized carbons (Fsp3) is 0.250. The average Bonchev–Trinajstić information content (AvgIpc) is 3.11. The minimum atomic E-state index is -0.956. The lowest BCUT2D eigenvalue weighted by molar-refractivity contribution is -0.116. The number of carbonyl (C=O) groups is 2. The van der Waals surface area contributed by atoms with Crippen molar-refractivity contribution in [1.29, 1.82) is 0 Å². The van der Waals surface area contributed by atoms with Crippen LogP contribution in [0.25, 0.3) is 0 Å². The van der Waals surface area contributed by atoms with Gasteiger partial charge in [0.25, 0.3) is 0 Å². The Bertz CT molecular complexity index is 972. The summed E-state index contributed by atoms with van der Waals surface area (Å²) < 4.78 is 0. The van der Waals surface area contributed by atoms with E-state index in [2.05, 4.69) is 5.32 Å². The molecule has 2 N–H and O–H groups in total. The fourth-order valence-corrected chi connectivity index (χ4v) is 5.34. The van der Waals surface area contributed by atoms with Crippen LogP contribution in [-0.2, 0) is 17.6 Å². The third-order valence-corrected chi connectivity index (χ3v) is 6.64. The summed E-state index contributed by atoms with van der Waals surface area (Å²) in [7, 11) is 0. The molecule has 0 unspecified atom stereocenters. The van der Waals surface area contributed by atoms with Gasteiger partial charge in [-0.1, -0.05) is 60.7 Å². The van der Waals surface area contributed by atoms with Crippen molar-refractivity contribution in [3.05, 3.63) is 87.8 Å². The molecule has 0 fully saturated rings. The molecule has 0 atom stereocenters. The Hall–Kier alpha value is -2.92. The van der Waals surface area contributed by atoms with E-state index in [-0.39, 0.29) is 23.8 Å². The maximum Gasteiger partial charge on any atom is 0.339 e. The summed E-state index contributed by atoms with van der Waals surface area (Å²) in [6.45, 7) is 0. The van der Waals surface area contributed by atoms with Gasteiger partial charge in [-0.3, -0.25) is 4.79 Å². The highest BCUT2D eigenvalue weighted by Gasteiger charge is 2.27. The van der Waals surface area contributed by atoms with E-state index in [0.29, 0.717) is 5.00 Å². The first-order valence-electron chi connectivity index (χ1n) is 9.91. The normalized spacial score (nSPS) is 13.1. The molecule has 0 radical (unpaired) electrons. The van der Waals surface area contributed by atoms with Gasteiger partial charge in [0.1, 0.15) is 5.00 Å². The van der Waals surface area contributed by atoms with Crippen LogP contribution in [0.2, 0.25) is 0 Å². The third-order valence-electron chi connectivity index (χ3n) is 5.43. The van der Waals surface area contributed by atoms with E-state index >= 15 is 0 Å². The molecule has 29 heavy (non-hydrogen) atoms. The molecule has 0 aliphatic heterocycles. The van der Waals surface area contributed by atoms with Gasteiger partial charge in [-0.15, -0.1) is 11.3 Å². The Kier molecular flexibility index (Phi) is 5.76. The minimum absolute atomic E-state index is 0.0831. The number of carboxylic acids is 1. The van der Waals surface area contributed by atoms with Crippen LogP contribution in [0.5, 0.6) is 0 Å². The zero-order valence-corrected chi connectivity index (χ0v) is 16.9. The van der Waals surface area contributed by atoms with E-state index in [1.54, 1.807) is 0 Å². The van der Waals surface area contributed by atoms with E-state index in [4.69, 9.17) is 0 Å². The molecule has 1 aliphatic carbocycles. The first-order valence-corrected chi connectivity index (χ1v) is 10.7. The Morgan fingerprint density at radius 1 is 0.931 bits per heavy atom. The molecule has 0 bridgehead atoms. The van der Waals surface area contributed by atoms with E-state index in [1.165, 1.54) is 11.3 Å². The van der Waals surface area contributed by atoms with Crippen molar-refractivity contribution in [2.24, 2.45) is 0 Å². The van der Waals surface area contributed by atoms with Crippen LogP contribution in [0.3, 0.4) is 0 Å². The quantitative estimate of drug-likeness (QED) is 0.570. The number of amides is 1. The van der Waals surface area contributed by atoms with Crippen molar-refractivity contribution in [2.45, 2.75) is 38.0 Å². The number of fused-ring (bicyclic) bond motifs is 1. The van der Waals surface area contributed by atoms with Crippen molar-refractivity contribution in [2.75, 3.05) is 5.32 Å². The van der Waals surface area contributed by atoms with Crippen molar-refractivity contribution in [3.63, 3.8) is 0 Å². The van der Waals surface area contributed by atoms with E-state index in [9.17, 15) is 14.7 Å². The smallest absolute Gasteiger partial charge is 0.339 e. The molecule has 1 aliphatic rings. The van der Waals surface area contributed by atoms with Crippen LogP contribution < -0.4 is 5.32 Å². The summed E-state index contributed by atoms with van der Waals surface area (Å²) in [6.07, 6.45) is 4.01. The molecular weight excluding hydrogens is 382 g/mol. The molecule has 1 heterocycles. The Labute approximate surface area is 174 Å². The molecule has 5 heteroatoms. The highest BCUT2D eigenvalue weighted by molar-refractivity contribution is 7.17. The third kappa shape index (κ3) is 4.25. The number of thiophene rings is 1. The zero-order chi connectivity index (χ0) is 20.2. The Morgan fingerprint density at radius 3 is 2.10 bits per heavy atom. The second-order valence-electron chi connectivity index (χ2n) is 7.35. The van der Waals surface area contributed by atoms with Gasteiger partial charge >= 0.3 is 5.97 Å². The van der Waals surface area contributed by atoms with Gasteiger partial charge in [0.2, 0.25) is 5.91 Å². The topological polar surface area (TPSA) is 66.4 Å². The Morgan fingerprint density at radius 2 is 1.52 bits per heavy atom. The van der Waals surface area contributed by atoms with E-state index in [0.717, 1.165) is 47.3 Å². The zero-order valence-electron chi connectivity index (χ0n) is 16.1. The summed E-state index contributed by atoms with van der Waals surface area (Å²) >= 11 is 1.42. The standard InChI is InChI=1S/C24H23NO3S/c26-21(25-23-22(24(27)28)18-13-7-8-14-20(18)29-23)15-19(16-9-3-1-4-10-16)17-11-5-2-6-12-17/h1-6,9-12,19H,7-8,13-15H2,(H,25,26)(H,27,28). The molecule has 4 rings (SSSR count). The second-order valence-corrected chi connectivity index (χ2v) is 8.45. The summed E-state index contributed by atoms with van der Waals surface area (Å²) in [6, 6.07) is 19.9. The number of aromatic carboxylic acids is 1. The predicted molar refractivity (Wildman–Crippen MR) is 116 cm³/mol. The van der Waals surface area contributed by atoms with Crippen molar-refractivity contribution in [1.82, 2.24) is 0 Å². The van der Waals surface area contributed by atoms with Gasteiger partial charge < -0.3 is 10.4 Å². The van der Waals surface area contributed by atoms with Gasteiger partial charge in [0.15, 0.2) is 0 Å². The number of hydrogen-bond acceptors (Lipinski definition) is 3. The first-order chi connectivity index (χ1) is 14.1. The predicted octanol–water partition coefficient (Wildman–Crippen LogP) is 5.49. The average molecular weight is 406 g/mol. The molecule has 4 nitrogen and oxygen atoms in total. The minimum Gasteiger partial charge on any atom is -0.478 e. The monoisotopic (exact) mass is 405 g/mol. The van der Waals surface area contributed by atoms with Crippen LogP contribution in [0.15, 0.2) is 60.7 Å². The SMILES string of the molecule is O=C(CC(c1ccccc1)c1ccccc1)Nc1sc2c(c1C(=O)O)CCCC2. The molecule has 0 saturated carbocycles. The lowest BCUT2D eigenvalue weighted by Crippen LogP contribution is -2.17. The molecule has 1 amide bonds. The highest BCUT2D eigenvalue weighted by Crippen LogP contribution is 2.38. The molecule has 3 aromatic rings. The van der Waals surface area contributed by atoms with Crippen molar-refractivity contribution < 1.29 is 14.7 Å². The largest absolute Gasteiger partial charge is 0.478 e. The first kappa shape index (κ1) is 19.4. The fourth-order valence-electron chi connectivity index (χ4n) is 4.04. The molecular formula is C24H23NO3S. The number of hydrogen-bond donors (Lipinski definition) is 2. The maximum absolute atomic E-state index is 13.0. The number of carboxylic acid groups (broad SMARTS) is 1. The number of rotatable bonds is 6. The molecule has 2 aromatic carbocycles. The van der Waals surface area contributed by atoms with Gasteiger partial charge in [-0.05, 0) is 42.4 Å². The number of aryl methyl sites for hydroxylation is 1. The molecule has 0 spiro atoms. The molecule has 148 valence electrons. The lowest BCUT2D eigenvalue weighted by atomic mass is 9.88. The summed E-state index contributed by atoms with van der Waals surface area (Å²) in [5, 5.41) is 13.1. The van der Waals surface area contributed by atoms with Gasteiger partial charge in [-0.25, -0.2) is 4.79 Å². The van der Waals surface area contributed by atoms with Crippen molar-refractivity contribution in [3.8, 4) is 0 Å². The number of benzene rings is 2. The summed E-state index contributed by atoms with van der Waals surface area (Å²) in [4.78, 5) is 25.9. The molecule has 0 saturated heterocycles. The van der Waals surface area contributed by atoms with Gasteiger partial charge in [0, 0.05) is 17.2 Å². The summed E-state index contributed by atoms with van der Waals surface area (Å²) in [5.74, 6) is -1.20. The highest BCUT2D eigenvalue weighted by atomic mass is 32.1. The van der Waals surface area contributed by atoms with Gasteiger partial charge in [-0.2, -0.15) is 0 Å². The van der Waals surface area contributed by atoms with E-state index < -0.39 is 5.97 Å². The second kappa shape index (κ2) is 8.62. The summed E-state index contributed by atoms with van der Waals surface area (Å²) in [5.41, 5.74) is 3.33. The van der Waals surface area contributed by atoms with Gasteiger partial charge in [0.05, 0.1) is 5.56 Å². The van der Waals surface area contributed by atoms with Crippen LogP contribution in [0.4, 0.5) is 5.00 Å². The van der Waals surface area contributed by atoms with Crippen LogP contribution in [0, 0.1) is 0 Å². The number of nitrogens with one attached hydrogen (secondary N) is 1. The number of anilines is 1. The van der Waals surface area contributed by atoms with Crippen molar-refractivity contribution >= 4 is 28.2 Å². The maximum atomic E-state index is 13.0. The Balaban J connectivity index is 1.60. The van der Waals surface area contributed by atoms with Crippen LogP contribution >= 0.6 is 11.3 Å². The van der Waals surface area contributed by atoms with Crippen LogP contribution in [0.1, 0.15) is 57.1 Å². The van der Waals surface area contributed by atoms with Crippen LogP contribution in [-0.4, -0.2) is 17.0 Å². The lowest BCUT2D eigenvalue weighted by Gasteiger charge is -2.18.